The van der Waals surface area contributed by atoms with Crippen molar-refractivity contribution in [2.45, 2.75) is 18.9 Å². The number of hydrogen-bond acceptors (Lipinski definition) is 6. The van der Waals surface area contributed by atoms with E-state index in [1.165, 1.54) is 30.5 Å². The highest BCUT2D eigenvalue weighted by molar-refractivity contribution is 6.38. The van der Waals surface area contributed by atoms with Gasteiger partial charge in [0.1, 0.15) is 11.5 Å². The topological polar surface area (TPSA) is 130 Å². The van der Waals surface area contributed by atoms with Gasteiger partial charge in [0.2, 0.25) is 0 Å². The first-order valence-corrected chi connectivity index (χ1v) is 10.2. The number of piperidine rings is 1. The van der Waals surface area contributed by atoms with Gasteiger partial charge in [-0.1, -0.05) is 0 Å². The largest absolute Gasteiger partial charge is 0.339 e. The predicted octanol–water partition coefficient (Wildman–Crippen LogP) is 2.30. The number of hydrazone groups is 1. The molecule has 0 saturated carbocycles. The number of halogens is 1. The summed E-state index contributed by atoms with van der Waals surface area (Å²) in [6, 6.07) is 12.6. The van der Waals surface area contributed by atoms with E-state index in [1.807, 2.05) is 0 Å². The van der Waals surface area contributed by atoms with Crippen LogP contribution in [-0.4, -0.2) is 46.8 Å². The number of pyridine rings is 1. The van der Waals surface area contributed by atoms with Gasteiger partial charge >= 0.3 is 0 Å². The molecule has 2 heterocycles. The lowest BCUT2D eigenvalue weighted by Crippen LogP contribution is -2.42. The molecule has 4 rings (SSSR count). The zero-order valence-corrected chi connectivity index (χ0v) is 17.3. The Labute approximate surface area is 183 Å². The van der Waals surface area contributed by atoms with Crippen LogP contribution in [0.2, 0.25) is 0 Å². The molecule has 3 aromatic rings. The lowest BCUT2D eigenvalue weighted by Gasteiger charge is -2.30. The molecule has 0 unspecified atom stereocenters. The van der Waals surface area contributed by atoms with Gasteiger partial charge in [0.15, 0.2) is 0 Å². The number of fused-ring (bicyclic) bond motifs is 1. The van der Waals surface area contributed by atoms with Gasteiger partial charge in [0.25, 0.3) is 11.5 Å². The lowest BCUT2D eigenvalue weighted by molar-refractivity contribution is 0.0715. The second-order valence-electron chi connectivity index (χ2n) is 7.69. The van der Waals surface area contributed by atoms with Crippen molar-refractivity contribution in [2.24, 2.45) is 21.7 Å². The van der Waals surface area contributed by atoms with Gasteiger partial charge in [-0.15, -0.1) is 0 Å². The highest BCUT2D eigenvalue weighted by atomic mass is 19.1. The molecule has 2 aromatic carbocycles. The van der Waals surface area contributed by atoms with Gasteiger partial charge in [-0.25, -0.2) is 4.39 Å². The maximum atomic E-state index is 13.5. The molecular weight excluding hydrogens is 411 g/mol. The van der Waals surface area contributed by atoms with Gasteiger partial charge < -0.3 is 21.5 Å². The van der Waals surface area contributed by atoms with Crippen molar-refractivity contribution in [1.82, 2.24) is 9.88 Å². The number of carbonyl (C=O) groups is 1. The van der Waals surface area contributed by atoms with Crippen molar-refractivity contribution < 1.29 is 9.18 Å². The number of amides is 1. The zero-order valence-electron chi connectivity index (χ0n) is 17.3. The van der Waals surface area contributed by atoms with E-state index >= 15 is 0 Å². The number of benzene rings is 2. The van der Waals surface area contributed by atoms with Crippen LogP contribution in [0.3, 0.4) is 0 Å². The third kappa shape index (κ3) is 4.57. The molecule has 5 N–H and O–H groups in total. The van der Waals surface area contributed by atoms with Crippen LogP contribution in [0.25, 0.3) is 10.9 Å². The first kappa shape index (κ1) is 21.4. The highest BCUT2D eigenvalue weighted by Crippen LogP contribution is 2.17. The van der Waals surface area contributed by atoms with E-state index in [4.69, 9.17) is 11.6 Å². The molecule has 1 aliphatic heterocycles. The van der Waals surface area contributed by atoms with Crippen molar-refractivity contribution in [3.63, 3.8) is 0 Å². The number of aromatic nitrogens is 1. The summed E-state index contributed by atoms with van der Waals surface area (Å²) in [5.74, 6) is 5.02. The molecule has 32 heavy (non-hydrogen) atoms. The molecule has 8 nitrogen and oxygen atoms in total. The third-order valence-corrected chi connectivity index (χ3v) is 5.50. The first-order valence-electron chi connectivity index (χ1n) is 10.2. The van der Waals surface area contributed by atoms with Crippen molar-refractivity contribution in [3.05, 3.63) is 75.8 Å². The van der Waals surface area contributed by atoms with E-state index in [1.54, 1.807) is 29.2 Å². The molecule has 9 heteroatoms. The predicted molar refractivity (Wildman–Crippen MR) is 123 cm³/mol. The molecular formula is C23H23FN6O2. The van der Waals surface area contributed by atoms with Crippen molar-refractivity contribution in [1.29, 1.82) is 0 Å². The van der Waals surface area contributed by atoms with Crippen LogP contribution in [0.4, 0.5) is 10.1 Å². The Morgan fingerprint density at radius 1 is 1.12 bits per heavy atom. The minimum atomic E-state index is -0.419. The molecule has 0 spiro atoms. The smallest absolute Gasteiger partial charge is 0.258 e. The van der Waals surface area contributed by atoms with E-state index in [-0.39, 0.29) is 23.2 Å². The van der Waals surface area contributed by atoms with Crippen LogP contribution in [0, 0.1) is 5.82 Å². The second-order valence-corrected chi connectivity index (χ2v) is 7.69. The minimum Gasteiger partial charge on any atom is -0.339 e. The Balaban J connectivity index is 1.52. The Kier molecular flexibility index (Phi) is 6.09. The van der Waals surface area contributed by atoms with Crippen LogP contribution in [0.5, 0.6) is 0 Å². The second kappa shape index (κ2) is 9.11. The average Bonchev–Trinajstić information content (AvgIpc) is 2.80. The van der Waals surface area contributed by atoms with E-state index in [2.05, 4.69) is 15.1 Å². The summed E-state index contributed by atoms with van der Waals surface area (Å²) in [7, 11) is 0. The summed E-state index contributed by atoms with van der Waals surface area (Å²) in [6.45, 7) is 1.31. The maximum absolute atomic E-state index is 13.5. The SMILES string of the molecule is NN=C(C=Nc1ccc(C(=O)N2CCC(N)CC2)cc1)c1cc2cc(F)ccc2[nH]c1=O. The fourth-order valence-corrected chi connectivity index (χ4v) is 3.65. The number of carbonyl (C=O) groups excluding carboxylic acids is 1. The monoisotopic (exact) mass is 434 g/mol. The summed E-state index contributed by atoms with van der Waals surface area (Å²) >= 11 is 0. The van der Waals surface area contributed by atoms with E-state index in [0.717, 1.165) is 12.8 Å². The fraction of sp³-hybridized carbons (Fsp3) is 0.217. The Bertz CT molecular complexity index is 1260. The van der Waals surface area contributed by atoms with Crippen LogP contribution in [-0.2, 0) is 0 Å². The third-order valence-electron chi connectivity index (χ3n) is 5.50. The molecule has 1 saturated heterocycles. The zero-order chi connectivity index (χ0) is 22.7. The summed E-state index contributed by atoms with van der Waals surface area (Å²) < 4.78 is 13.5. The summed E-state index contributed by atoms with van der Waals surface area (Å²) in [5.41, 5.74) is 7.43. The number of aliphatic imine (C=N–C) groups is 1. The maximum Gasteiger partial charge on any atom is 0.258 e. The van der Waals surface area contributed by atoms with Crippen LogP contribution in [0.1, 0.15) is 28.8 Å². The van der Waals surface area contributed by atoms with Crippen LogP contribution < -0.4 is 17.1 Å². The molecule has 0 aliphatic carbocycles. The van der Waals surface area contributed by atoms with Crippen molar-refractivity contribution >= 4 is 34.4 Å². The molecule has 1 aliphatic rings. The number of nitrogens with one attached hydrogen (secondary N) is 1. The number of nitrogens with two attached hydrogens (primary N) is 2. The molecule has 0 bridgehead atoms. The Morgan fingerprint density at radius 2 is 1.84 bits per heavy atom. The standard InChI is InChI=1S/C23H23FN6O2/c24-16-3-6-20-15(11-16)12-19(22(31)28-20)21(29-26)13-27-18-4-1-14(2-5-18)23(32)30-9-7-17(25)8-10-30/h1-6,11-13,17H,7-10,25-26H2,(H,28,31). The summed E-state index contributed by atoms with van der Waals surface area (Å²) in [4.78, 5) is 33.8. The average molecular weight is 434 g/mol. The van der Waals surface area contributed by atoms with Crippen molar-refractivity contribution in [3.8, 4) is 0 Å². The molecule has 1 fully saturated rings. The first-order chi connectivity index (χ1) is 15.4. The summed E-state index contributed by atoms with van der Waals surface area (Å²) in [5, 5.41) is 4.17. The molecule has 1 amide bonds. The van der Waals surface area contributed by atoms with Crippen molar-refractivity contribution in [2.75, 3.05) is 13.1 Å². The molecule has 1 aromatic heterocycles. The van der Waals surface area contributed by atoms with Gasteiger partial charge in [0.05, 0.1) is 17.5 Å². The van der Waals surface area contributed by atoms with Crippen LogP contribution >= 0.6 is 0 Å². The van der Waals surface area contributed by atoms with Gasteiger partial charge in [0, 0.05) is 35.6 Å². The summed E-state index contributed by atoms with van der Waals surface area (Å²) in [6.07, 6.45) is 2.96. The quantitative estimate of drug-likeness (QED) is 0.330. The normalized spacial score (nSPS) is 15.6. The number of nitrogens with zero attached hydrogens (tertiary/aromatic N) is 3. The number of likely N-dealkylation sites (tertiary alicyclic amines) is 1. The van der Waals surface area contributed by atoms with Gasteiger partial charge in [-0.2, -0.15) is 5.10 Å². The minimum absolute atomic E-state index is 0.0356. The molecule has 0 radical (unpaired) electrons. The Hall–Kier alpha value is -3.85. The van der Waals surface area contributed by atoms with E-state index < -0.39 is 11.4 Å². The Morgan fingerprint density at radius 3 is 2.53 bits per heavy atom. The van der Waals surface area contributed by atoms with Gasteiger partial charge in [-0.05, 0) is 61.4 Å². The highest BCUT2D eigenvalue weighted by Gasteiger charge is 2.21. The lowest BCUT2D eigenvalue weighted by atomic mass is 10.0. The van der Waals surface area contributed by atoms with Crippen LogP contribution in [0.15, 0.2) is 63.4 Å². The number of rotatable bonds is 4. The van der Waals surface area contributed by atoms with Gasteiger partial charge in [-0.3, -0.25) is 14.6 Å². The van der Waals surface area contributed by atoms with E-state index in [9.17, 15) is 14.0 Å². The number of hydrogen-bond donors (Lipinski definition) is 3. The van der Waals surface area contributed by atoms with E-state index in [0.29, 0.717) is 35.2 Å². The fourth-order valence-electron chi connectivity index (χ4n) is 3.65. The number of aromatic amines is 1. The number of H-pyrrole nitrogens is 1. The molecule has 0 atom stereocenters. The molecule has 164 valence electrons.